The number of rotatable bonds is 10. The van der Waals surface area contributed by atoms with Crippen LogP contribution in [0.2, 0.25) is 0 Å². The van der Waals surface area contributed by atoms with Gasteiger partial charge >= 0.3 is 6.18 Å². The summed E-state index contributed by atoms with van der Waals surface area (Å²) in [6.45, 7) is 0.159. The van der Waals surface area contributed by atoms with Gasteiger partial charge in [-0.25, -0.2) is 8.42 Å². The molecule has 0 saturated heterocycles. The number of hydrogen-bond donors (Lipinski definition) is 1. The molecule has 49 heavy (non-hydrogen) atoms. The van der Waals surface area contributed by atoms with E-state index in [1.54, 1.807) is 42.9 Å². The van der Waals surface area contributed by atoms with Gasteiger partial charge in [0.25, 0.3) is 0 Å². The van der Waals surface area contributed by atoms with E-state index in [9.17, 15) is 26.4 Å². The molecule has 1 amide bonds. The average Bonchev–Trinajstić information content (AvgIpc) is 3.12. The van der Waals surface area contributed by atoms with Gasteiger partial charge in [-0.3, -0.25) is 14.8 Å². The lowest BCUT2D eigenvalue weighted by Crippen LogP contribution is -2.30. The van der Waals surface area contributed by atoms with E-state index in [-0.39, 0.29) is 29.8 Å². The Kier molecular flexibility index (Phi) is 10.2. The summed E-state index contributed by atoms with van der Waals surface area (Å²) in [5.74, 6) is 0.0917. The maximum absolute atomic E-state index is 14.0. The van der Waals surface area contributed by atoms with Crippen molar-refractivity contribution in [3.05, 3.63) is 132 Å². The first-order valence-electron chi connectivity index (χ1n) is 16.1. The van der Waals surface area contributed by atoms with Crippen LogP contribution in [0.4, 0.5) is 18.9 Å². The minimum atomic E-state index is -4.44. The van der Waals surface area contributed by atoms with E-state index in [0.717, 1.165) is 54.6 Å². The lowest BCUT2D eigenvalue weighted by atomic mass is 9.88. The number of aromatic nitrogens is 2. The molecule has 1 N–H and O–H groups in total. The molecule has 11 heteroatoms. The zero-order valence-electron chi connectivity index (χ0n) is 26.6. The number of nitrogens with zero attached hydrogens (tertiary/aromatic N) is 3. The number of carbonyl (C=O) groups is 1. The van der Waals surface area contributed by atoms with Crippen LogP contribution in [-0.4, -0.2) is 28.6 Å². The van der Waals surface area contributed by atoms with Crippen LogP contribution in [0.3, 0.4) is 0 Å². The molecule has 1 aliphatic rings. The lowest BCUT2D eigenvalue weighted by Gasteiger charge is -2.23. The normalized spacial score (nSPS) is 14.1. The number of carbonyl (C=O) groups excluding carboxylic acids is 1. The van der Waals surface area contributed by atoms with Crippen LogP contribution in [0, 0.1) is 5.92 Å². The molecule has 1 fully saturated rings. The zero-order valence-corrected chi connectivity index (χ0v) is 27.4. The Balaban J connectivity index is 1.17. The lowest BCUT2D eigenvalue weighted by molar-refractivity contribution is -0.137. The highest BCUT2D eigenvalue weighted by Gasteiger charge is 2.30. The highest BCUT2D eigenvalue weighted by molar-refractivity contribution is 7.89. The summed E-state index contributed by atoms with van der Waals surface area (Å²) in [4.78, 5) is 21.3. The van der Waals surface area contributed by atoms with Crippen molar-refractivity contribution in [1.29, 1.82) is 0 Å². The third-order valence-corrected chi connectivity index (χ3v) is 10.5. The number of anilines is 1. The molecule has 0 spiro atoms. The Morgan fingerprint density at radius 3 is 1.98 bits per heavy atom. The van der Waals surface area contributed by atoms with Gasteiger partial charge in [-0.2, -0.15) is 17.5 Å². The number of amides is 1. The maximum Gasteiger partial charge on any atom is 0.416 e. The van der Waals surface area contributed by atoms with E-state index >= 15 is 0 Å². The molecule has 5 aromatic rings. The molecule has 0 radical (unpaired) electrons. The average molecular weight is 685 g/mol. The van der Waals surface area contributed by atoms with Gasteiger partial charge in [-0.05, 0) is 77.6 Å². The molecular weight excluding hydrogens is 650 g/mol. The largest absolute Gasteiger partial charge is 0.416 e. The van der Waals surface area contributed by atoms with E-state index in [4.69, 9.17) is 0 Å². The van der Waals surface area contributed by atoms with Crippen molar-refractivity contribution in [2.75, 3.05) is 5.32 Å². The molecule has 2 heterocycles. The van der Waals surface area contributed by atoms with E-state index in [1.807, 2.05) is 36.4 Å². The third-order valence-electron chi connectivity index (χ3n) is 8.73. The van der Waals surface area contributed by atoms with Crippen molar-refractivity contribution < 1.29 is 26.4 Å². The fourth-order valence-corrected chi connectivity index (χ4v) is 7.39. The molecule has 252 valence electrons. The highest BCUT2D eigenvalue weighted by atomic mass is 32.2. The molecule has 3 aromatic carbocycles. The first-order valence-corrected chi connectivity index (χ1v) is 17.5. The minimum absolute atomic E-state index is 0.0412. The van der Waals surface area contributed by atoms with Crippen molar-refractivity contribution in [2.45, 2.75) is 56.3 Å². The number of benzene rings is 3. The zero-order chi connectivity index (χ0) is 34.4. The van der Waals surface area contributed by atoms with Crippen LogP contribution >= 0.6 is 0 Å². The monoisotopic (exact) mass is 684 g/mol. The van der Waals surface area contributed by atoms with Gasteiger partial charge in [-0.15, -0.1) is 0 Å². The number of halogens is 3. The van der Waals surface area contributed by atoms with Crippen LogP contribution in [0.15, 0.2) is 121 Å². The molecule has 1 aliphatic carbocycles. The van der Waals surface area contributed by atoms with Gasteiger partial charge < -0.3 is 5.32 Å². The first-order chi connectivity index (χ1) is 23.6. The van der Waals surface area contributed by atoms with Crippen molar-refractivity contribution in [1.82, 2.24) is 14.3 Å². The second kappa shape index (κ2) is 14.7. The molecule has 2 aromatic heterocycles. The van der Waals surface area contributed by atoms with Crippen molar-refractivity contribution in [3.8, 4) is 22.4 Å². The predicted molar refractivity (Wildman–Crippen MR) is 182 cm³/mol. The first kappa shape index (κ1) is 34.0. The molecule has 7 nitrogen and oxygen atoms in total. The summed E-state index contributed by atoms with van der Waals surface area (Å²) >= 11 is 0. The number of sulfonamides is 1. The predicted octanol–water partition coefficient (Wildman–Crippen LogP) is 8.74. The third kappa shape index (κ3) is 8.41. The Morgan fingerprint density at radius 2 is 1.39 bits per heavy atom. The summed E-state index contributed by atoms with van der Waals surface area (Å²) in [5, 5.41) is 2.98. The van der Waals surface area contributed by atoms with Crippen LogP contribution in [0.25, 0.3) is 22.4 Å². The van der Waals surface area contributed by atoms with E-state index < -0.39 is 21.8 Å². The second-order valence-corrected chi connectivity index (χ2v) is 14.1. The standard InChI is InChI=1S/C38H35F3N4O3S/c39-38(40,41)33-16-12-29(13-17-33)30-14-19-35(20-15-30)49(47,48)45(26-28-5-4-22-42-23-28)25-27-8-10-31(11-9-27)36-21-18-34(24-43-36)44-37(46)32-6-2-1-3-7-32/h4-5,8-24,32H,1-3,6-7,25-26H2,(H,44,46). The number of hydrogen-bond acceptors (Lipinski definition) is 5. The summed E-state index contributed by atoms with van der Waals surface area (Å²) in [5.41, 5.74) is 4.06. The van der Waals surface area contributed by atoms with Gasteiger partial charge in [0.2, 0.25) is 15.9 Å². The van der Waals surface area contributed by atoms with Gasteiger partial charge in [0.1, 0.15) is 0 Å². The van der Waals surface area contributed by atoms with Crippen LogP contribution in [-0.2, 0) is 34.1 Å². The van der Waals surface area contributed by atoms with E-state index in [1.165, 1.54) is 35.0 Å². The van der Waals surface area contributed by atoms with Crippen LogP contribution in [0.1, 0.15) is 48.8 Å². The summed E-state index contributed by atoms with van der Waals surface area (Å²) in [6, 6.07) is 25.6. The summed E-state index contributed by atoms with van der Waals surface area (Å²) < 4.78 is 68.3. The number of pyridine rings is 2. The van der Waals surface area contributed by atoms with E-state index in [0.29, 0.717) is 22.4 Å². The smallest absolute Gasteiger partial charge is 0.324 e. The second-order valence-electron chi connectivity index (χ2n) is 12.2. The highest BCUT2D eigenvalue weighted by Crippen LogP contribution is 2.32. The van der Waals surface area contributed by atoms with E-state index in [2.05, 4.69) is 15.3 Å². The molecule has 0 aliphatic heterocycles. The van der Waals surface area contributed by atoms with Gasteiger partial charge in [0.15, 0.2) is 0 Å². The van der Waals surface area contributed by atoms with Crippen molar-refractivity contribution in [2.24, 2.45) is 5.92 Å². The Hall–Kier alpha value is -4.87. The molecule has 6 rings (SSSR count). The quantitative estimate of drug-likeness (QED) is 0.159. The summed E-state index contributed by atoms with van der Waals surface area (Å²) in [7, 11) is -4.00. The number of alkyl halides is 3. The fourth-order valence-electron chi connectivity index (χ4n) is 5.97. The molecule has 0 unspecified atom stereocenters. The molecule has 0 atom stereocenters. The number of nitrogens with one attached hydrogen (secondary N) is 1. The minimum Gasteiger partial charge on any atom is -0.324 e. The van der Waals surface area contributed by atoms with Crippen LogP contribution < -0.4 is 5.32 Å². The van der Waals surface area contributed by atoms with Gasteiger partial charge in [0, 0.05) is 37.0 Å². The Labute approximate surface area is 283 Å². The SMILES string of the molecule is O=C(Nc1ccc(-c2ccc(CN(Cc3cccnc3)S(=O)(=O)c3ccc(-c4ccc(C(F)(F)F)cc4)cc3)cc2)nc1)C1CCCCC1. The molecule has 1 saturated carbocycles. The summed E-state index contributed by atoms with van der Waals surface area (Å²) in [6.07, 6.45) is 5.63. The topological polar surface area (TPSA) is 92.3 Å². The van der Waals surface area contributed by atoms with Gasteiger partial charge in [0.05, 0.1) is 28.0 Å². The molecule has 0 bridgehead atoms. The fraction of sp³-hybridized carbons (Fsp3) is 0.237. The Morgan fingerprint density at radius 1 is 0.755 bits per heavy atom. The molecular formula is C38H35F3N4O3S. The van der Waals surface area contributed by atoms with Gasteiger partial charge in [-0.1, -0.05) is 73.9 Å². The Bertz CT molecular complexity index is 1960. The maximum atomic E-state index is 14.0. The van der Waals surface area contributed by atoms with Crippen LogP contribution in [0.5, 0.6) is 0 Å². The van der Waals surface area contributed by atoms with Crippen molar-refractivity contribution >= 4 is 21.6 Å². The van der Waals surface area contributed by atoms with Crippen molar-refractivity contribution in [3.63, 3.8) is 0 Å².